The van der Waals surface area contributed by atoms with Crippen molar-refractivity contribution in [1.29, 1.82) is 0 Å². The van der Waals surface area contributed by atoms with Crippen molar-refractivity contribution in [3.05, 3.63) is 90.1 Å². The molecule has 5 heterocycles. The standard InChI is InChI=1S/C22H14N8/c1-2-4-19(5-3-1)30-20-12-17-9-8-15(25-17)10-14-6-7-16(24-14)11-18-13-23-21(26-18)27-22(30)29-28-20/h1-13,28H. The highest BCUT2D eigenvalue weighted by Crippen LogP contribution is 2.24. The number of guanidine groups is 2. The number of hydrogen-bond acceptors (Lipinski definition) is 8. The van der Waals surface area contributed by atoms with Crippen LogP contribution in [0.15, 0.2) is 120 Å². The zero-order valence-electron chi connectivity index (χ0n) is 15.6. The Hall–Kier alpha value is -4.46. The molecule has 8 heteroatoms. The van der Waals surface area contributed by atoms with Gasteiger partial charge in [0, 0.05) is 6.08 Å². The number of nitrogens with zero attached hydrogens (tertiary/aromatic N) is 7. The van der Waals surface area contributed by atoms with E-state index in [0.717, 1.165) is 34.3 Å². The molecule has 1 aromatic carbocycles. The fourth-order valence-corrected chi connectivity index (χ4v) is 3.38. The van der Waals surface area contributed by atoms with E-state index in [4.69, 9.17) is 0 Å². The van der Waals surface area contributed by atoms with E-state index in [-0.39, 0.29) is 0 Å². The maximum absolute atomic E-state index is 4.68. The topological polar surface area (TPSA) is 89.4 Å². The number of benzene rings is 1. The Morgan fingerprint density at radius 1 is 0.700 bits per heavy atom. The van der Waals surface area contributed by atoms with Gasteiger partial charge in [-0.15, -0.1) is 5.10 Å². The Morgan fingerprint density at radius 3 is 2.23 bits per heavy atom. The Morgan fingerprint density at radius 2 is 1.43 bits per heavy atom. The van der Waals surface area contributed by atoms with E-state index in [1.165, 1.54) is 0 Å². The summed E-state index contributed by atoms with van der Waals surface area (Å²) >= 11 is 0. The van der Waals surface area contributed by atoms with Crippen LogP contribution in [0.1, 0.15) is 0 Å². The van der Waals surface area contributed by atoms with E-state index in [2.05, 4.69) is 35.5 Å². The van der Waals surface area contributed by atoms with Gasteiger partial charge in [-0.05, 0) is 48.6 Å². The minimum atomic E-state index is 0.336. The highest BCUT2D eigenvalue weighted by molar-refractivity contribution is 6.43. The number of aliphatic imine (C=N–C) groups is 5. The van der Waals surface area contributed by atoms with Crippen molar-refractivity contribution in [2.24, 2.45) is 30.1 Å². The van der Waals surface area contributed by atoms with E-state index in [1.54, 1.807) is 6.21 Å². The lowest BCUT2D eigenvalue weighted by molar-refractivity contribution is 0.921. The number of hydrazone groups is 1. The molecule has 8 bridgehead atoms. The second-order valence-electron chi connectivity index (χ2n) is 6.81. The molecular formula is C22H14N8. The molecule has 0 saturated heterocycles. The molecule has 1 aromatic rings. The van der Waals surface area contributed by atoms with E-state index < -0.39 is 0 Å². The molecule has 0 unspecified atom stereocenters. The van der Waals surface area contributed by atoms with Crippen molar-refractivity contribution in [2.45, 2.75) is 0 Å². The van der Waals surface area contributed by atoms with Gasteiger partial charge in [-0.1, -0.05) is 18.2 Å². The van der Waals surface area contributed by atoms with Gasteiger partial charge in [0.25, 0.3) is 11.9 Å². The maximum Gasteiger partial charge on any atom is 0.256 e. The van der Waals surface area contributed by atoms with Crippen LogP contribution in [0, 0.1) is 0 Å². The van der Waals surface area contributed by atoms with Gasteiger partial charge < -0.3 is 0 Å². The first-order valence-corrected chi connectivity index (χ1v) is 9.39. The number of fused-ring (bicyclic) bond motifs is 5. The third-order valence-corrected chi connectivity index (χ3v) is 4.71. The SMILES string of the molecule is C1=CC2=NC1=CC1=NC(=NC3=NNC(=CC4=NC(=C2)C=C4)N3c2ccccc2)N=C1. The molecule has 5 aliphatic rings. The second-order valence-corrected chi connectivity index (χ2v) is 6.81. The van der Waals surface area contributed by atoms with Gasteiger partial charge in [0.05, 0.1) is 40.4 Å². The number of hydrogen-bond donors (Lipinski definition) is 1. The molecule has 0 saturated carbocycles. The molecule has 8 nitrogen and oxygen atoms in total. The Kier molecular flexibility index (Phi) is 3.60. The third-order valence-electron chi connectivity index (χ3n) is 4.71. The van der Waals surface area contributed by atoms with Crippen LogP contribution < -0.4 is 10.3 Å². The van der Waals surface area contributed by atoms with E-state index in [0.29, 0.717) is 17.6 Å². The van der Waals surface area contributed by atoms with Gasteiger partial charge in [-0.3, -0.25) is 10.3 Å². The van der Waals surface area contributed by atoms with E-state index in [9.17, 15) is 0 Å². The minimum Gasteiger partial charge on any atom is -0.262 e. The van der Waals surface area contributed by atoms with Crippen LogP contribution in [0.25, 0.3) is 0 Å². The van der Waals surface area contributed by atoms with Gasteiger partial charge in [0.1, 0.15) is 5.82 Å². The Balaban J connectivity index is 1.51. The second kappa shape index (κ2) is 6.56. The molecule has 142 valence electrons. The maximum atomic E-state index is 4.68. The summed E-state index contributed by atoms with van der Waals surface area (Å²) < 4.78 is 0. The quantitative estimate of drug-likeness (QED) is 0.799. The first-order valence-electron chi connectivity index (χ1n) is 9.39. The molecule has 6 rings (SSSR count). The molecular weight excluding hydrogens is 376 g/mol. The summed E-state index contributed by atoms with van der Waals surface area (Å²) in [6.07, 6.45) is 15.2. The normalized spacial score (nSPS) is 20.7. The lowest BCUT2D eigenvalue weighted by atomic mass is 10.2. The highest BCUT2D eigenvalue weighted by Gasteiger charge is 2.26. The first-order chi connectivity index (χ1) is 14.8. The largest absolute Gasteiger partial charge is 0.262 e. The fourth-order valence-electron chi connectivity index (χ4n) is 3.38. The number of nitrogens with one attached hydrogen (secondary N) is 1. The summed E-state index contributed by atoms with van der Waals surface area (Å²) in [6.45, 7) is 0. The number of rotatable bonds is 1. The molecule has 0 amide bonds. The summed E-state index contributed by atoms with van der Waals surface area (Å²) in [4.78, 5) is 24.5. The smallest absolute Gasteiger partial charge is 0.256 e. The fraction of sp³-hybridized carbons (Fsp3) is 0. The lowest BCUT2D eigenvalue weighted by Gasteiger charge is -2.18. The summed E-state index contributed by atoms with van der Waals surface area (Å²) in [5, 5.41) is 4.39. The van der Waals surface area contributed by atoms with Crippen LogP contribution in [-0.2, 0) is 0 Å². The molecule has 0 spiro atoms. The lowest BCUT2D eigenvalue weighted by Crippen LogP contribution is -2.27. The van der Waals surface area contributed by atoms with Crippen molar-refractivity contribution in [1.82, 2.24) is 5.43 Å². The molecule has 1 N–H and O–H groups in total. The molecule has 0 radical (unpaired) electrons. The van der Waals surface area contributed by atoms with Crippen LogP contribution >= 0.6 is 0 Å². The van der Waals surface area contributed by atoms with E-state index >= 15 is 0 Å². The molecule has 30 heavy (non-hydrogen) atoms. The summed E-state index contributed by atoms with van der Waals surface area (Å²) in [6, 6.07) is 9.88. The summed E-state index contributed by atoms with van der Waals surface area (Å²) in [7, 11) is 0. The van der Waals surface area contributed by atoms with Crippen molar-refractivity contribution in [3.63, 3.8) is 0 Å². The highest BCUT2D eigenvalue weighted by atomic mass is 15.5. The zero-order chi connectivity index (χ0) is 19.9. The number of anilines is 1. The zero-order valence-corrected chi connectivity index (χ0v) is 15.6. The van der Waals surface area contributed by atoms with Gasteiger partial charge >= 0.3 is 0 Å². The van der Waals surface area contributed by atoms with Crippen LogP contribution in [-0.4, -0.2) is 35.3 Å². The van der Waals surface area contributed by atoms with Crippen LogP contribution in [0.4, 0.5) is 5.69 Å². The van der Waals surface area contributed by atoms with E-state index in [1.807, 2.05) is 77.8 Å². The van der Waals surface area contributed by atoms with Crippen molar-refractivity contribution < 1.29 is 0 Å². The van der Waals surface area contributed by atoms with Gasteiger partial charge in [0.2, 0.25) is 0 Å². The average Bonchev–Trinajstić information content (AvgIpc) is 3.54. The number of allylic oxidation sites excluding steroid dienone is 7. The molecule has 0 fully saturated rings. The predicted molar refractivity (Wildman–Crippen MR) is 120 cm³/mol. The summed E-state index contributed by atoms with van der Waals surface area (Å²) in [5.74, 6) is 1.52. The van der Waals surface area contributed by atoms with Crippen LogP contribution in [0.3, 0.4) is 0 Å². The predicted octanol–water partition coefficient (Wildman–Crippen LogP) is 2.89. The van der Waals surface area contributed by atoms with Gasteiger partial charge in [-0.25, -0.2) is 20.0 Å². The van der Waals surface area contributed by atoms with Crippen LogP contribution in [0.2, 0.25) is 0 Å². The molecule has 0 aliphatic carbocycles. The molecule has 0 aromatic heterocycles. The Bertz CT molecular complexity index is 1290. The Labute approximate surface area is 171 Å². The summed E-state index contributed by atoms with van der Waals surface area (Å²) in [5.41, 5.74) is 7.94. The number of para-hydroxylation sites is 1. The monoisotopic (exact) mass is 390 g/mol. The third kappa shape index (κ3) is 2.96. The van der Waals surface area contributed by atoms with Gasteiger partial charge in [-0.2, -0.15) is 4.99 Å². The van der Waals surface area contributed by atoms with Crippen LogP contribution in [0.5, 0.6) is 0 Å². The molecule has 5 aliphatic heterocycles. The van der Waals surface area contributed by atoms with Crippen molar-refractivity contribution >= 4 is 41.0 Å². The molecule has 0 atom stereocenters. The first kappa shape index (κ1) is 16.5. The van der Waals surface area contributed by atoms with Gasteiger partial charge in [0.15, 0.2) is 0 Å². The van der Waals surface area contributed by atoms with Crippen molar-refractivity contribution in [2.75, 3.05) is 4.90 Å². The average molecular weight is 390 g/mol. The van der Waals surface area contributed by atoms with Crippen molar-refractivity contribution in [3.8, 4) is 0 Å². The minimum absolute atomic E-state index is 0.336.